The molecular formula is C11H14O3. The molecule has 1 unspecified atom stereocenters. The quantitative estimate of drug-likeness (QED) is 0.335. The van der Waals surface area contributed by atoms with E-state index in [0.717, 1.165) is 0 Å². The van der Waals surface area contributed by atoms with Crippen LogP contribution in [-0.4, -0.2) is 11.9 Å². The monoisotopic (exact) mass is 194 g/mol. The minimum Gasteiger partial charge on any atom is -0.393 e. The van der Waals surface area contributed by atoms with Crippen molar-refractivity contribution in [2.75, 3.05) is 0 Å². The number of carbonyl (C=O) groups excluding carboxylic acids is 2. The van der Waals surface area contributed by atoms with E-state index in [4.69, 9.17) is 0 Å². The molecule has 0 aromatic rings. The summed E-state index contributed by atoms with van der Waals surface area (Å²) in [5, 5.41) is 0. The molecule has 0 radical (unpaired) electrons. The van der Waals surface area contributed by atoms with E-state index in [0.29, 0.717) is 6.42 Å². The van der Waals surface area contributed by atoms with E-state index in [1.54, 1.807) is 0 Å². The van der Waals surface area contributed by atoms with E-state index in [1.807, 2.05) is 20.8 Å². The molecule has 0 N–H and O–H groups in total. The Labute approximate surface area is 83.1 Å². The summed E-state index contributed by atoms with van der Waals surface area (Å²) in [4.78, 5) is 22.8. The van der Waals surface area contributed by atoms with Crippen LogP contribution in [0.15, 0.2) is 11.1 Å². The maximum Gasteiger partial charge on any atom is 0.318 e. The lowest BCUT2D eigenvalue weighted by atomic mass is 9.71. The van der Waals surface area contributed by atoms with Gasteiger partial charge in [0.05, 0.1) is 11.8 Å². The molecule has 1 heterocycles. The number of allylic oxidation sites excluding steroid dienone is 2. The second kappa shape index (κ2) is 2.94. The molecule has 3 heteroatoms. The Morgan fingerprint density at radius 2 is 1.86 bits per heavy atom. The second-order valence-corrected chi connectivity index (χ2v) is 4.33. The van der Waals surface area contributed by atoms with Gasteiger partial charge >= 0.3 is 11.9 Å². The van der Waals surface area contributed by atoms with E-state index >= 15 is 0 Å². The van der Waals surface area contributed by atoms with Crippen molar-refractivity contribution < 1.29 is 14.3 Å². The number of ether oxygens (including phenoxy) is 1. The molecule has 2 aliphatic rings. The lowest BCUT2D eigenvalue weighted by molar-refractivity contribution is -0.154. The third kappa shape index (κ3) is 1.11. The smallest absolute Gasteiger partial charge is 0.318 e. The van der Waals surface area contributed by atoms with Gasteiger partial charge in [-0.15, -0.1) is 0 Å². The first-order chi connectivity index (χ1) is 6.52. The average molecular weight is 194 g/mol. The number of hydrogen-bond donors (Lipinski definition) is 0. The molecule has 0 bridgehead atoms. The summed E-state index contributed by atoms with van der Waals surface area (Å²) in [6.45, 7) is 6.06. The maximum absolute atomic E-state index is 11.4. The van der Waals surface area contributed by atoms with E-state index in [1.165, 1.54) is 11.1 Å². The predicted molar refractivity (Wildman–Crippen MR) is 50.2 cm³/mol. The molecule has 1 saturated heterocycles. The standard InChI is InChI=1S/C11H14O3/c1-5-4-8-9(7(3)6(5)2)11(13)14-10(8)12/h7-9H,4H2,1-3H3/t7?,8-,9+/m1/s1. The largest absolute Gasteiger partial charge is 0.393 e. The minimum absolute atomic E-state index is 0.146. The zero-order valence-electron chi connectivity index (χ0n) is 8.66. The topological polar surface area (TPSA) is 43.4 Å². The molecule has 1 fully saturated rings. The molecule has 3 atom stereocenters. The Morgan fingerprint density at radius 3 is 2.50 bits per heavy atom. The van der Waals surface area contributed by atoms with Crippen LogP contribution in [-0.2, 0) is 14.3 Å². The molecule has 1 aliphatic carbocycles. The maximum atomic E-state index is 11.4. The number of carbonyl (C=O) groups is 2. The third-order valence-electron chi connectivity index (χ3n) is 3.63. The summed E-state index contributed by atoms with van der Waals surface area (Å²) in [5.74, 6) is -0.974. The van der Waals surface area contributed by atoms with E-state index in [2.05, 4.69) is 4.74 Å². The van der Waals surface area contributed by atoms with Crippen molar-refractivity contribution in [3.8, 4) is 0 Å². The van der Waals surface area contributed by atoms with Crippen molar-refractivity contribution in [3.63, 3.8) is 0 Å². The van der Waals surface area contributed by atoms with Gasteiger partial charge in [0.1, 0.15) is 0 Å². The lowest BCUT2D eigenvalue weighted by Gasteiger charge is -2.28. The van der Waals surface area contributed by atoms with E-state index in [9.17, 15) is 9.59 Å². The average Bonchev–Trinajstić information content (AvgIpc) is 2.38. The number of fused-ring (bicyclic) bond motifs is 1. The Balaban J connectivity index is 2.40. The van der Waals surface area contributed by atoms with Crippen LogP contribution in [0, 0.1) is 17.8 Å². The van der Waals surface area contributed by atoms with Crippen LogP contribution in [0.3, 0.4) is 0 Å². The second-order valence-electron chi connectivity index (χ2n) is 4.33. The SMILES string of the molecule is CC1=C(C)C(C)[C@@H]2C(=O)OC(=O)[C@@H]2C1. The molecule has 0 aromatic heterocycles. The van der Waals surface area contributed by atoms with Crippen molar-refractivity contribution in [1.29, 1.82) is 0 Å². The van der Waals surface area contributed by atoms with Crippen molar-refractivity contribution in [2.45, 2.75) is 27.2 Å². The highest BCUT2D eigenvalue weighted by atomic mass is 16.6. The zero-order valence-corrected chi connectivity index (χ0v) is 8.66. The van der Waals surface area contributed by atoms with Gasteiger partial charge in [0, 0.05) is 0 Å². The Kier molecular flexibility index (Phi) is 1.98. The van der Waals surface area contributed by atoms with Crippen LogP contribution in [0.1, 0.15) is 27.2 Å². The minimum atomic E-state index is -0.335. The molecule has 14 heavy (non-hydrogen) atoms. The molecule has 3 nitrogen and oxygen atoms in total. The van der Waals surface area contributed by atoms with Crippen LogP contribution >= 0.6 is 0 Å². The first-order valence-electron chi connectivity index (χ1n) is 4.94. The van der Waals surface area contributed by atoms with Gasteiger partial charge in [-0.2, -0.15) is 0 Å². The van der Waals surface area contributed by atoms with Crippen LogP contribution < -0.4 is 0 Å². The summed E-state index contributed by atoms with van der Waals surface area (Å²) in [5.41, 5.74) is 2.46. The molecule has 0 amide bonds. The van der Waals surface area contributed by atoms with Crippen molar-refractivity contribution in [2.24, 2.45) is 17.8 Å². The van der Waals surface area contributed by atoms with E-state index in [-0.39, 0.29) is 29.7 Å². The first-order valence-corrected chi connectivity index (χ1v) is 4.94. The molecule has 0 aromatic carbocycles. The number of esters is 2. The van der Waals surface area contributed by atoms with Gasteiger partial charge in [-0.1, -0.05) is 18.1 Å². The highest BCUT2D eigenvalue weighted by Crippen LogP contribution is 2.42. The summed E-state index contributed by atoms with van der Waals surface area (Å²) in [6, 6.07) is 0. The molecule has 1 aliphatic heterocycles. The van der Waals surface area contributed by atoms with Crippen molar-refractivity contribution in [3.05, 3.63) is 11.1 Å². The van der Waals surface area contributed by atoms with Gasteiger partial charge in [0.15, 0.2) is 0 Å². The first kappa shape index (κ1) is 9.44. The fraction of sp³-hybridized carbons (Fsp3) is 0.636. The lowest BCUT2D eigenvalue weighted by Crippen LogP contribution is -2.30. The number of cyclic esters (lactones) is 2. The third-order valence-corrected chi connectivity index (χ3v) is 3.63. The number of hydrogen-bond acceptors (Lipinski definition) is 3. The Bertz CT molecular complexity index is 340. The van der Waals surface area contributed by atoms with Gasteiger partial charge in [-0.25, -0.2) is 0 Å². The van der Waals surface area contributed by atoms with Crippen LogP contribution in [0.25, 0.3) is 0 Å². The normalized spacial score (nSPS) is 37.2. The van der Waals surface area contributed by atoms with Crippen molar-refractivity contribution >= 4 is 11.9 Å². The fourth-order valence-corrected chi connectivity index (χ4v) is 2.47. The predicted octanol–water partition coefficient (Wildman–Crippen LogP) is 1.68. The van der Waals surface area contributed by atoms with Crippen LogP contribution in [0.2, 0.25) is 0 Å². The van der Waals surface area contributed by atoms with Gasteiger partial charge in [-0.3, -0.25) is 9.59 Å². The Morgan fingerprint density at radius 1 is 1.21 bits per heavy atom. The molecule has 2 rings (SSSR count). The molecule has 0 spiro atoms. The zero-order chi connectivity index (χ0) is 10.5. The highest BCUT2D eigenvalue weighted by Gasteiger charge is 2.49. The molecule has 0 saturated carbocycles. The van der Waals surface area contributed by atoms with Gasteiger partial charge < -0.3 is 4.74 Å². The fourth-order valence-electron chi connectivity index (χ4n) is 2.47. The summed E-state index contributed by atoms with van der Waals surface area (Å²) >= 11 is 0. The Hall–Kier alpha value is -1.12. The van der Waals surface area contributed by atoms with Crippen molar-refractivity contribution in [1.82, 2.24) is 0 Å². The summed E-state index contributed by atoms with van der Waals surface area (Å²) in [7, 11) is 0. The van der Waals surface area contributed by atoms with Gasteiger partial charge in [-0.05, 0) is 26.2 Å². The van der Waals surface area contributed by atoms with Crippen LogP contribution in [0.4, 0.5) is 0 Å². The van der Waals surface area contributed by atoms with Gasteiger partial charge in [0.2, 0.25) is 0 Å². The molecular weight excluding hydrogens is 180 g/mol. The van der Waals surface area contributed by atoms with Crippen LogP contribution in [0.5, 0.6) is 0 Å². The summed E-state index contributed by atoms with van der Waals surface area (Å²) < 4.78 is 4.67. The summed E-state index contributed by atoms with van der Waals surface area (Å²) in [6.07, 6.45) is 0.686. The molecule has 76 valence electrons. The van der Waals surface area contributed by atoms with Gasteiger partial charge in [0.25, 0.3) is 0 Å². The van der Waals surface area contributed by atoms with E-state index < -0.39 is 0 Å². The number of rotatable bonds is 0. The highest BCUT2D eigenvalue weighted by molar-refractivity contribution is 5.97.